The fourth-order valence-electron chi connectivity index (χ4n) is 3.62. The highest BCUT2D eigenvalue weighted by atomic mass is 127. The Bertz CT molecular complexity index is 834. The number of hydrogen-bond donors (Lipinski definition) is 2. The molecule has 0 bridgehead atoms. The summed E-state index contributed by atoms with van der Waals surface area (Å²) in [5, 5.41) is 6.52. The molecule has 7 heteroatoms. The normalized spacial score (nSPS) is 18.3. The van der Waals surface area contributed by atoms with Crippen LogP contribution >= 0.6 is 24.0 Å². The molecular formula is C22H30IN3O2S. The maximum absolute atomic E-state index is 11.7. The predicted octanol–water partition coefficient (Wildman–Crippen LogP) is 3.57. The average molecular weight is 527 g/mol. The van der Waals surface area contributed by atoms with Gasteiger partial charge < -0.3 is 10.6 Å². The highest BCUT2D eigenvalue weighted by Crippen LogP contribution is 2.27. The Morgan fingerprint density at radius 1 is 1.07 bits per heavy atom. The molecule has 1 heterocycles. The fourth-order valence-corrected chi connectivity index (χ4v) is 5.30. The minimum atomic E-state index is -2.91. The van der Waals surface area contributed by atoms with Crippen molar-refractivity contribution in [2.24, 2.45) is 4.99 Å². The zero-order valence-corrected chi connectivity index (χ0v) is 19.9. The molecule has 5 nitrogen and oxygen atoms in total. The second-order valence-electron chi connectivity index (χ2n) is 7.17. The van der Waals surface area contributed by atoms with Gasteiger partial charge in [0.2, 0.25) is 0 Å². The number of benzene rings is 2. The molecule has 1 unspecified atom stereocenters. The predicted molar refractivity (Wildman–Crippen MR) is 131 cm³/mol. The van der Waals surface area contributed by atoms with Gasteiger partial charge in [0.15, 0.2) is 15.8 Å². The molecule has 158 valence electrons. The molecule has 1 atom stereocenters. The first-order valence-corrected chi connectivity index (χ1v) is 11.7. The van der Waals surface area contributed by atoms with Gasteiger partial charge in [-0.25, -0.2) is 8.42 Å². The van der Waals surface area contributed by atoms with E-state index in [0.29, 0.717) is 18.9 Å². The van der Waals surface area contributed by atoms with E-state index in [2.05, 4.69) is 59.2 Å². The minimum Gasteiger partial charge on any atom is -0.357 e. The van der Waals surface area contributed by atoms with E-state index in [9.17, 15) is 8.42 Å². The van der Waals surface area contributed by atoms with Crippen molar-refractivity contribution in [2.75, 3.05) is 24.6 Å². The fraction of sp³-hybridized carbons (Fsp3) is 0.409. The summed E-state index contributed by atoms with van der Waals surface area (Å²) in [6, 6.07) is 20.9. The van der Waals surface area contributed by atoms with E-state index in [0.717, 1.165) is 13.0 Å². The Kier molecular flexibility index (Phi) is 9.42. The van der Waals surface area contributed by atoms with Crippen LogP contribution in [-0.4, -0.2) is 45.0 Å². The highest BCUT2D eigenvalue weighted by Gasteiger charge is 2.28. The van der Waals surface area contributed by atoms with Crippen LogP contribution < -0.4 is 10.6 Å². The Morgan fingerprint density at radius 2 is 1.66 bits per heavy atom. The first-order valence-electron chi connectivity index (χ1n) is 9.92. The minimum absolute atomic E-state index is 0. The monoisotopic (exact) mass is 527 g/mol. The third-order valence-corrected chi connectivity index (χ3v) is 6.78. The third-order valence-electron chi connectivity index (χ3n) is 5.01. The van der Waals surface area contributed by atoms with Crippen molar-refractivity contribution in [3.05, 3.63) is 71.8 Å². The molecule has 2 aromatic carbocycles. The summed E-state index contributed by atoms with van der Waals surface area (Å²) < 4.78 is 23.4. The van der Waals surface area contributed by atoms with Gasteiger partial charge in [-0.15, -0.1) is 24.0 Å². The first kappa shape index (κ1) is 23.7. The van der Waals surface area contributed by atoms with Crippen molar-refractivity contribution >= 4 is 39.8 Å². The lowest BCUT2D eigenvalue weighted by atomic mass is 9.89. The van der Waals surface area contributed by atoms with Crippen LogP contribution in [0.5, 0.6) is 0 Å². The number of rotatable bonds is 7. The molecule has 1 aliphatic rings. The van der Waals surface area contributed by atoms with Crippen LogP contribution in [0.2, 0.25) is 0 Å². The smallest absolute Gasteiger partial charge is 0.191 e. The maximum Gasteiger partial charge on any atom is 0.191 e. The van der Waals surface area contributed by atoms with Crippen LogP contribution in [0, 0.1) is 0 Å². The average Bonchev–Trinajstić information content (AvgIpc) is 3.05. The zero-order valence-electron chi connectivity index (χ0n) is 16.8. The zero-order chi connectivity index (χ0) is 19.8. The molecule has 0 aromatic heterocycles. The summed E-state index contributed by atoms with van der Waals surface area (Å²) >= 11 is 0. The summed E-state index contributed by atoms with van der Waals surface area (Å²) in [4.78, 5) is 4.72. The van der Waals surface area contributed by atoms with Gasteiger partial charge >= 0.3 is 0 Å². The highest BCUT2D eigenvalue weighted by molar-refractivity contribution is 14.0. The van der Waals surface area contributed by atoms with Crippen LogP contribution in [-0.2, 0) is 9.84 Å². The van der Waals surface area contributed by atoms with Crippen LogP contribution in [0.1, 0.15) is 36.8 Å². The van der Waals surface area contributed by atoms with Gasteiger partial charge in [-0.3, -0.25) is 4.99 Å². The third kappa shape index (κ3) is 7.29. The molecule has 0 aliphatic carbocycles. The van der Waals surface area contributed by atoms with Crippen LogP contribution in [0.3, 0.4) is 0 Å². The standard InChI is InChI=1S/C22H29N3O2S.HI/c1-2-23-22(25-20-14-16-28(26,27)17-20)24-15-13-21(18-9-5-3-6-10-18)19-11-7-4-8-12-19;/h3-12,20-21H,2,13-17H2,1H3,(H2,23,24,25);1H. The molecule has 1 fully saturated rings. The van der Waals surface area contributed by atoms with Crippen molar-refractivity contribution in [2.45, 2.75) is 31.7 Å². The second-order valence-corrected chi connectivity index (χ2v) is 9.40. The molecule has 0 saturated carbocycles. The van der Waals surface area contributed by atoms with Crippen LogP contribution in [0.25, 0.3) is 0 Å². The largest absolute Gasteiger partial charge is 0.357 e. The van der Waals surface area contributed by atoms with Gasteiger partial charge in [-0.1, -0.05) is 60.7 Å². The van der Waals surface area contributed by atoms with Crippen molar-refractivity contribution in [1.29, 1.82) is 0 Å². The molecule has 0 radical (unpaired) electrons. The Labute approximate surface area is 191 Å². The molecule has 1 saturated heterocycles. The van der Waals surface area contributed by atoms with Crippen molar-refractivity contribution in [3.8, 4) is 0 Å². The summed E-state index contributed by atoms with van der Waals surface area (Å²) in [6.45, 7) is 3.41. The van der Waals surface area contributed by atoms with Crippen molar-refractivity contribution < 1.29 is 8.42 Å². The quantitative estimate of drug-likeness (QED) is 0.328. The lowest BCUT2D eigenvalue weighted by molar-refractivity contribution is 0.599. The second kappa shape index (κ2) is 11.5. The Morgan fingerprint density at radius 3 is 2.14 bits per heavy atom. The van der Waals surface area contributed by atoms with Gasteiger partial charge in [0.05, 0.1) is 11.5 Å². The molecule has 0 spiro atoms. The topological polar surface area (TPSA) is 70.6 Å². The summed E-state index contributed by atoms with van der Waals surface area (Å²) in [7, 11) is -2.91. The lowest BCUT2D eigenvalue weighted by Crippen LogP contribution is -2.44. The summed E-state index contributed by atoms with van der Waals surface area (Å²) in [5.74, 6) is 1.42. The van der Waals surface area contributed by atoms with Gasteiger partial charge in [-0.2, -0.15) is 0 Å². The van der Waals surface area contributed by atoms with E-state index in [1.54, 1.807) is 0 Å². The molecule has 0 amide bonds. The number of aliphatic imine (C=N–C) groups is 1. The van der Waals surface area contributed by atoms with Gasteiger partial charge in [0.1, 0.15) is 0 Å². The number of nitrogens with one attached hydrogen (secondary N) is 2. The van der Waals surface area contributed by atoms with E-state index < -0.39 is 9.84 Å². The van der Waals surface area contributed by atoms with Gasteiger partial charge in [-0.05, 0) is 30.9 Å². The number of guanidine groups is 1. The van der Waals surface area contributed by atoms with E-state index in [1.165, 1.54) is 11.1 Å². The molecule has 2 N–H and O–H groups in total. The van der Waals surface area contributed by atoms with Crippen molar-refractivity contribution in [1.82, 2.24) is 10.6 Å². The van der Waals surface area contributed by atoms with Crippen LogP contribution in [0.15, 0.2) is 65.7 Å². The molecular weight excluding hydrogens is 497 g/mol. The lowest BCUT2D eigenvalue weighted by Gasteiger charge is -2.19. The van der Waals surface area contributed by atoms with E-state index >= 15 is 0 Å². The van der Waals surface area contributed by atoms with Gasteiger partial charge in [0.25, 0.3) is 0 Å². The molecule has 29 heavy (non-hydrogen) atoms. The number of nitrogens with zero attached hydrogens (tertiary/aromatic N) is 1. The molecule has 3 rings (SSSR count). The first-order chi connectivity index (χ1) is 13.6. The van der Waals surface area contributed by atoms with E-state index in [4.69, 9.17) is 4.99 Å². The Balaban J connectivity index is 0.00000300. The van der Waals surface area contributed by atoms with E-state index in [1.807, 2.05) is 19.1 Å². The molecule has 1 aliphatic heterocycles. The van der Waals surface area contributed by atoms with Crippen molar-refractivity contribution in [3.63, 3.8) is 0 Å². The number of hydrogen-bond acceptors (Lipinski definition) is 3. The van der Waals surface area contributed by atoms with Crippen LogP contribution in [0.4, 0.5) is 0 Å². The maximum atomic E-state index is 11.7. The summed E-state index contributed by atoms with van der Waals surface area (Å²) in [6.07, 6.45) is 1.52. The Hall–Kier alpha value is -1.61. The molecule has 2 aromatic rings. The number of sulfone groups is 1. The SMILES string of the molecule is CCNC(=NCCC(c1ccccc1)c1ccccc1)NC1CCS(=O)(=O)C1.I. The van der Waals surface area contributed by atoms with E-state index in [-0.39, 0.29) is 47.4 Å². The number of halogens is 1. The van der Waals surface area contributed by atoms with Gasteiger partial charge in [0, 0.05) is 25.0 Å². The summed E-state index contributed by atoms with van der Waals surface area (Å²) in [5.41, 5.74) is 2.56.